The lowest BCUT2D eigenvalue weighted by atomic mass is 10.1. The Hall–Kier alpha value is -1.36. The molecule has 0 aliphatic carbocycles. The lowest BCUT2D eigenvalue weighted by Crippen LogP contribution is -2.36. The van der Waals surface area contributed by atoms with E-state index in [-0.39, 0.29) is 24.2 Å². The van der Waals surface area contributed by atoms with Crippen LogP contribution in [-0.2, 0) is 17.8 Å². The van der Waals surface area contributed by atoms with Crippen molar-refractivity contribution in [2.75, 3.05) is 18.0 Å². The third-order valence-electron chi connectivity index (χ3n) is 4.44. The van der Waals surface area contributed by atoms with Crippen LogP contribution in [0.1, 0.15) is 28.7 Å². The number of benzene rings is 1. The number of carbonyl (C=O) groups excluding carboxylic acids is 1. The Balaban J connectivity index is 0.00000208. The van der Waals surface area contributed by atoms with Crippen molar-refractivity contribution in [3.8, 4) is 0 Å². The summed E-state index contributed by atoms with van der Waals surface area (Å²) in [6.07, 6.45) is 1.96. The van der Waals surface area contributed by atoms with E-state index < -0.39 is 0 Å². The van der Waals surface area contributed by atoms with Gasteiger partial charge in [-0.15, -0.1) is 23.7 Å². The Bertz CT molecular complexity index is 662. The Morgan fingerprint density at radius 3 is 2.54 bits per heavy atom. The molecule has 1 saturated heterocycles. The smallest absolute Gasteiger partial charge is 0.231 e. The van der Waals surface area contributed by atoms with Gasteiger partial charge in [0, 0.05) is 22.0 Å². The largest absolute Gasteiger partial charge is 0.316 e. The molecule has 5 heteroatoms. The van der Waals surface area contributed by atoms with Gasteiger partial charge >= 0.3 is 0 Å². The van der Waals surface area contributed by atoms with Gasteiger partial charge in [0.2, 0.25) is 5.91 Å². The molecule has 1 atom stereocenters. The molecule has 130 valence electrons. The maximum absolute atomic E-state index is 13.0. The molecular weight excluding hydrogens is 340 g/mol. The summed E-state index contributed by atoms with van der Waals surface area (Å²) in [5, 5.41) is 3.30. The van der Waals surface area contributed by atoms with Crippen molar-refractivity contribution in [1.29, 1.82) is 0 Å². The number of halogens is 1. The molecule has 0 spiro atoms. The van der Waals surface area contributed by atoms with Crippen molar-refractivity contribution in [2.45, 2.75) is 33.2 Å². The Morgan fingerprint density at radius 1 is 1.25 bits per heavy atom. The van der Waals surface area contributed by atoms with Crippen LogP contribution in [-0.4, -0.2) is 19.0 Å². The average Bonchev–Trinajstić information content (AvgIpc) is 3.24. The van der Waals surface area contributed by atoms with Crippen LogP contribution in [0.25, 0.3) is 0 Å². The van der Waals surface area contributed by atoms with Crippen LogP contribution >= 0.6 is 23.7 Å². The summed E-state index contributed by atoms with van der Waals surface area (Å²) in [7, 11) is 0. The van der Waals surface area contributed by atoms with Gasteiger partial charge in [0.05, 0.1) is 12.5 Å². The number of anilines is 1. The van der Waals surface area contributed by atoms with Gasteiger partial charge in [-0.1, -0.05) is 19.1 Å². The molecule has 3 nitrogen and oxygen atoms in total. The van der Waals surface area contributed by atoms with E-state index in [1.165, 1.54) is 15.3 Å². The first-order valence-corrected chi connectivity index (χ1v) is 9.15. The highest BCUT2D eigenvalue weighted by atomic mass is 35.5. The number of carbonyl (C=O) groups is 1. The summed E-state index contributed by atoms with van der Waals surface area (Å²) in [6.45, 7) is 6.66. The molecule has 1 amide bonds. The second kappa shape index (κ2) is 8.65. The third-order valence-corrected chi connectivity index (χ3v) is 5.43. The van der Waals surface area contributed by atoms with E-state index in [1.807, 2.05) is 4.90 Å². The van der Waals surface area contributed by atoms with Gasteiger partial charge in [-0.3, -0.25) is 4.79 Å². The maximum atomic E-state index is 13.0. The Labute approximate surface area is 154 Å². The summed E-state index contributed by atoms with van der Waals surface area (Å²) < 4.78 is 0. The van der Waals surface area contributed by atoms with Crippen molar-refractivity contribution in [1.82, 2.24) is 5.32 Å². The lowest BCUT2D eigenvalue weighted by molar-refractivity contribution is -0.121. The summed E-state index contributed by atoms with van der Waals surface area (Å²) in [6, 6.07) is 12.7. The van der Waals surface area contributed by atoms with Gasteiger partial charge in [0.1, 0.15) is 0 Å². The zero-order valence-corrected chi connectivity index (χ0v) is 15.9. The molecule has 1 aromatic carbocycles. The van der Waals surface area contributed by atoms with Crippen molar-refractivity contribution in [3.63, 3.8) is 0 Å². The predicted molar refractivity (Wildman–Crippen MR) is 104 cm³/mol. The van der Waals surface area contributed by atoms with Crippen molar-refractivity contribution in [3.05, 3.63) is 51.7 Å². The summed E-state index contributed by atoms with van der Waals surface area (Å²) in [5.41, 5.74) is 2.31. The average molecular weight is 365 g/mol. The summed E-state index contributed by atoms with van der Waals surface area (Å²) in [4.78, 5) is 17.5. The van der Waals surface area contributed by atoms with E-state index in [2.05, 4.69) is 55.6 Å². The van der Waals surface area contributed by atoms with Gasteiger partial charge in [-0.05, 0) is 56.1 Å². The van der Waals surface area contributed by atoms with Gasteiger partial charge in [-0.25, -0.2) is 0 Å². The number of hydrogen-bond donors (Lipinski definition) is 1. The molecule has 2 aromatic rings. The Kier molecular flexibility index (Phi) is 6.84. The molecule has 0 bridgehead atoms. The highest BCUT2D eigenvalue weighted by molar-refractivity contribution is 7.11. The number of aryl methyl sites for hydroxylation is 2. The fraction of sp³-hybridized carbons (Fsp3) is 0.421. The van der Waals surface area contributed by atoms with Crippen molar-refractivity contribution in [2.24, 2.45) is 5.92 Å². The van der Waals surface area contributed by atoms with Crippen molar-refractivity contribution >= 4 is 35.3 Å². The van der Waals surface area contributed by atoms with Crippen LogP contribution in [0.4, 0.5) is 5.69 Å². The van der Waals surface area contributed by atoms with Gasteiger partial charge in [-0.2, -0.15) is 0 Å². The SMILES string of the molecule is CCc1ccc(N(Cc2ccc(C)s2)C(=O)C2CCNC2)cc1.Cl. The second-order valence-electron chi connectivity index (χ2n) is 6.15. The fourth-order valence-electron chi connectivity index (χ4n) is 3.02. The van der Waals surface area contributed by atoms with Gasteiger partial charge < -0.3 is 10.2 Å². The molecule has 3 rings (SSSR count). The highest BCUT2D eigenvalue weighted by Crippen LogP contribution is 2.25. The first-order valence-electron chi connectivity index (χ1n) is 8.33. The van der Waals surface area contributed by atoms with E-state index >= 15 is 0 Å². The molecule has 1 N–H and O–H groups in total. The number of hydrogen-bond acceptors (Lipinski definition) is 3. The first-order chi connectivity index (χ1) is 11.2. The first kappa shape index (κ1) is 19.0. The molecular formula is C19H25ClN2OS. The van der Waals surface area contributed by atoms with Crippen LogP contribution in [0, 0.1) is 12.8 Å². The van der Waals surface area contributed by atoms with Crippen molar-refractivity contribution < 1.29 is 4.79 Å². The topological polar surface area (TPSA) is 32.3 Å². The van der Waals surface area contributed by atoms with E-state index in [9.17, 15) is 4.79 Å². The quantitative estimate of drug-likeness (QED) is 0.863. The molecule has 1 aliphatic heterocycles. The fourth-order valence-corrected chi connectivity index (χ4v) is 3.90. The number of rotatable bonds is 5. The van der Waals surface area contributed by atoms with Crippen LogP contribution in [0.3, 0.4) is 0 Å². The lowest BCUT2D eigenvalue weighted by Gasteiger charge is -2.25. The molecule has 1 unspecified atom stereocenters. The Morgan fingerprint density at radius 2 is 2.00 bits per heavy atom. The second-order valence-corrected chi connectivity index (χ2v) is 7.52. The zero-order chi connectivity index (χ0) is 16.2. The minimum atomic E-state index is 0. The minimum absolute atomic E-state index is 0. The molecule has 0 radical (unpaired) electrons. The van der Waals surface area contributed by atoms with E-state index in [1.54, 1.807) is 11.3 Å². The van der Waals surface area contributed by atoms with E-state index in [0.717, 1.165) is 31.6 Å². The number of nitrogens with one attached hydrogen (secondary N) is 1. The highest BCUT2D eigenvalue weighted by Gasteiger charge is 2.28. The van der Waals surface area contributed by atoms with E-state index in [0.29, 0.717) is 6.54 Å². The molecule has 1 fully saturated rings. The zero-order valence-electron chi connectivity index (χ0n) is 14.2. The third kappa shape index (κ3) is 4.38. The monoisotopic (exact) mass is 364 g/mol. The van der Waals surface area contributed by atoms with Crippen LogP contribution in [0.2, 0.25) is 0 Å². The van der Waals surface area contributed by atoms with Gasteiger partial charge in [0.15, 0.2) is 0 Å². The van der Waals surface area contributed by atoms with E-state index in [4.69, 9.17) is 0 Å². The summed E-state index contributed by atoms with van der Waals surface area (Å²) in [5.74, 6) is 0.340. The number of amides is 1. The molecule has 0 saturated carbocycles. The maximum Gasteiger partial charge on any atom is 0.231 e. The summed E-state index contributed by atoms with van der Waals surface area (Å²) >= 11 is 1.77. The molecule has 1 aromatic heterocycles. The normalized spacial score (nSPS) is 16.7. The molecule has 2 heterocycles. The molecule has 24 heavy (non-hydrogen) atoms. The minimum Gasteiger partial charge on any atom is -0.316 e. The van der Waals surface area contributed by atoms with Gasteiger partial charge in [0.25, 0.3) is 0 Å². The molecule has 1 aliphatic rings. The number of nitrogens with zero attached hydrogens (tertiary/aromatic N) is 1. The predicted octanol–water partition coefficient (Wildman–Crippen LogP) is 4.18. The van der Waals surface area contributed by atoms with Crippen LogP contribution in [0.15, 0.2) is 36.4 Å². The van der Waals surface area contributed by atoms with Crippen LogP contribution in [0.5, 0.6) is 0 Å². The van der Waals surface area contributed by atoms with Crippen LogP contribution < -0.4 is 10.2 Å². The standard InChI is InChI=1S/C19H24N2OS.ClH/c1-3-15-5-7-17(8-6-15)21(13-18-9-4-14(2)23-18)19(22)16-10-11-20-12-16;/h4-9,16,20H,3,10-13H2,1-2H3;1H. The number of thiophene rings is 1.